The average molecular weight is 377 g/mol. The lowest BCUT2D eigenvalue weighted by Crippen LogP contribution is -2.10. The highest BCUT2D eigenvalue weighted by molar-refractivity contribution is 6.30. The molecule has 2 aromatic heterocycles. The van der Waals surface area contributed by atoms with Gasteiger partial charge in [0.1, 0.15) is 0 Å². The third-order valence-corrected chi connectivity index (χ3v) is 4.23. The number of nitrogens with zero attached hydrogens (tertiary/aromatic N) is 4. The predicted octanol–water partition coefficient (Wildman–Crippen LogP) is 4.47. The van der Waals surface area contributed by atoms with Crippen LogP contribution in [0, 0.1) is 0 Å². The molecule has 0 unspecified atom stereocenters. The van der Waals surface area contributed by atoms with E-state index < -0.39 is 0 Å². The second kappa shape index (κ2) is 7.97. The van der Waals surface area contributed by atoms with Crippen molar-refractivity contribution < 1.29 is 0 Å². The van der Waals surface area contributed by atoms with Crippen LogP contribution in [0.1, 0.15) is 5.56 Å². The number of halogens is 1. The maximum atomic E-state index is 5.96. The molecule has 0 fully saturated rings. The van der Waals surface area contributed by atoms with Gasteiger partial charge >= 0.3 is 0 Å². The van der Waals surface area contributed by atoms with E-state index in [9.17, 15) is 0 Å². The number of hydrogen-bond acceptors (Lipinski definition) is 6. The Morgan fingerprint density at radius 1 is 0.852 bits per heavy atom. The van der Waals surface area contributed by atoms with Crippen LogP contribution in [0.4, 0.5) is 17.5 Å². The summed E-state index contributed by atoms with van der Waals surface area (Å²) in [5.41, 5.74) is 3.26. The number of benzene rings is 2. The van der Waals surface area contributed by atoms with Crippen molar-refractivity contribution in [2.75, 3.05) is 17.2 Å². The first kappa shape index (κ1) is 17.2. The summed E-state index contributed by atoms with van der Waals surface area (Å²) in [5.74, 6) is 1.10. The van der Waals surface area contributed by atoms with Gasteiger partial charge in [0.05, 0.1) is 0 Å². The molecular weight excluding hydrogens is 360 g/mol. The third-order valence-electron chi connectivity index (χ3n) is 3.98. The van der Waals surface area contributed by atoms with Crippen molar-refractivity contribution in [3.63, 3.8) is 0 Å². The molecule has 4 rings (SSSR count). The van der Waals surface area contributed by atoms with Crippen LogP contribution in [0.2, 0.25) is 5.02 Å². The highest BCUT2D eigenvalue weighted by atomic mass is 35.5. The molecule has 134 valence electrons. The fraction of sp³-hybridized carbons (Fsp3) is 0.100. The highest BCUT2D eigenvalue weighted by Crippen LogP contribution is 2.23. The fourth-order valence-electron chi connectivity index (χ4n) is 2.66. The molecule has 27 heavy (non-hydrogen) atoms. The third kappa shape index (κ3) is 4.30. The van der Waals surface area contributed by atoms with Crippen molar-refractivity contribution in [3.05, 3.63) is 77.6 Å². The number of fused-ring (bicyclic) bond motifs is 1. The molecule has 4 aromatic rings. The van der Waals surface area contributed by atoms with Crippen LogP contribution in [-0.4, -0.2) is 26.5 Å². The van der Waals surface area contributed by atoms with Gasteiger partial charge in [-0.3, -0.25) is 0 Å². The van der Waals surface area contributed by atoms with Crippen LogP contribution in [0.15, 0.2) is 67.0 Å². The van der Waals surface area contributed by atoms with E-state index in [-0.39, 0.29) is 0 Å². The van der Waals surface area contributed by atoms with Gasteiger partial charge in [0.15, 0.2) is 17.0 Å². The minimum absolute atomic E-state index is 0.510. The topological polar surface area (TPSA) is 75.6 Å². The molecular formula is C20H17ClN6. The lowest BCUT2D eigenvalue weighted by atomic mass is 10.1. The van der Waals surface area contributed by atoms with E-state index in [1.165, 1.54) is 5.56 Å². The molecule has 0 aliphatic rings. The lowest BCUT2D eigenvalue weighted by molar-refractivity contribution is 0.987. The summed E-state index contributed by atoms with van der Waals surface area (Å²) in [6.45, 7) is 0.718. The van der Waals surface area contributed by atoms with E-state index in [0.717, 1.165) is 18.7 Å². The first-order valence-electron chi connectivity index (χ1n) is 8.57. The van der Waals surface area contributed by atoms with E-state index in [4.69, 9.17) is 11.6 Å². The van der Waals surface area contributed by atoms with Gasteiger partial charge < -0.3 is 10.6 Å². The number of hydrogen-bond donors (Lipinski definition) is 2. The molecule has 0 saturated carbocycles. The Labute approximate surface area is 161 Å². The van der Waals surface area contributed by atoms with Gasteiger partial charge in [-0.1, -0.05) is 41.9 Å². The largest absolute Gasteiger partial charge is 0.354 e. The Kier molecular flexibility index (Phi) is 5.07. The fourth-order valence-corrected chi connectivity index (χ4v) is 2.79. The Bertz CT molecular complexity index is 1040. The van der Waals surface area contributed by atoms with E-state index in [1.54, 1.807) is 12.4 Å². The SMILES string of the molecule is Clc1ccc(Nc2nc(NCCc3ccccc3)nc3nccnc23)cc1. The highest BCUT2D eigenvalue weighted by Gasteiger charge is 2.10. The van der Waals surface area contributed by atoms with E-state index >= 15 is 0 Å². The normalized spacial score (nSPS) is 10.7. The second-order valence-electron chi connectivity index (χ2n) is 5.92. The summed E-state index contributed by atoms with van der Waals surface area (Å²) < 4.78 is 0. The van der Waals surface area contributed by atoms with Crippen molar-refractivity contribution in [2.45, 2.75) is 6.42 Å². The zero-order valence-electron chi connectivity index (χ0n) is 14.4. The Morgan fingerprint density at radius 3 is 2.44 bits per heavy atom. The Balaban J connectivity index is 1.57. The predicted molar refractivity (Wildman–Crippen MR) is 108 cm³/mol. The number of anilines is 3. The zero-order chi connectivity index (χ0) is 18.5. The van der Waals surface area contributed by atoms with Crippen LogP contribution in [-0.2, 0) is 6.42 Å². The molecule has 2 N–H and O–H groups in total. The molecule has 0 spiro atoms. The van der Waals surface area contributed by atoms with Crippen molar-refractivity contribution in [3.8, 4) is 0 Å². The molecule has 0 aliphatic heterocycles. The van der Waals surface area contributed by atoms with Gasteiger partial charge in [-0.2, -0.15) is 9.97 Å². The van der Waals surface area contributed by atoms with Gasteiger partial charge in [0.2, 0.25) is 5.95 Å². The molecule has 0 radical (unpaired) electrons. The molecule has 0 amide bonds. The Morgan fingerprint density at radius 2 is 1.63 bits per heavy atom. The first-order valence-corrected chi connectivity index (χ1v) is 8.95. The molecule has 2 heterocycles. The van der Waals surface area contributed by atoms with Crippen molar-refractivity contribution in [1.29, 1.82) is 0 Å². The van der Waals surface area contributed by atoms with Crippen molar-refractivity contribution in [2.24, 2.45) is 0 Å². The quantitative estimate of drug-likeness (QED) is 0.517. The average Bonchev–Trinajstić information content (AvgIpc) is 2.71. The zero-order valence-corrected chi connectivity index (χ0v) is 15.2. The maximum absolute atomic E-state index is 5.96. The van der Waals surface area contributed by atoms with Gasteiger partial charge in [-0.05, 0) is 36.2 Å². The minimum Gasteiger partial charge on any atom is -0.354 e. The van der Waals surface area contributed by atoms with Gasteiger partial charge in [0, 0.05) is 29.6 Å². The van der Waals surface area contributed by atoms with Gasteiger partial charge in [0.25, 0.3) is 0 Å². The first-order chi connectivity index (χ1) is 13.3. The van der Waals surface area contributed by atoms with Crippen LogP contribution < -0.4 is 10.6 Å². The Hall–Kier alpha value is -3.25. The minimum atomic E-state index is 0.510. The molecule has 0 atom stereocenters. The van der Waals surface area contributed by atoms with Crippen LogP contribution in [0.25, 0.3) is 11.2 Å². The summed E-state index contributed by atoms with van der Waals surface area (Å²) in [7, 11) is 0. The molecule has 0 saturated heterocycles. The molecule has 6 nitrogen and oxygen atoms in total. The second-order valence-corrected chi connectivity index (χ2v) is 6.36. The molecule has 7 heteroatoms. The van der Waals surface area contributed by atoms with Gasteiger partial charge in [-0.15, -0.1) is 0 Å². The lowest BCUT2D eigenvalue weighted by Gasteiger charge is -2.11. The molecule has 0 aliphatic carbocycles. The smallest absolute Gasteiger partial charge is 0.226 e. The van der Waals surface area contributed by atoms with Crippen molar-refractivity contribution in [1.82, 2.24) is 19.9 Å². The molecule has 2 aromatic carbocycles. The van der Waals surface area contributed by atoms with Crippen LogP contribution in [0.5, 0.6) is 0 Å². The summed E-state index contributed by atoms with van der Waals surface area (Å²) in [6, 6.07) is 17.7. The van der Waals surface area contributed by atoms with E-state index in [0.29, 0.717) is 28.0 Å². The number of nitrogens with one attached hydrogen (secondary N) is 2. The standard InChI is InChI=1S/C20H17ClN6/c21-15-6-8-16(9-7-15)25-19-17-18(23-13-12-22-17)26-20(27-19)24-11-10-14-4-2-1-3-5-14/h1-9,12-13H,10-11H2,(H2,23,24,25,26,27). The van der Waals surface area contributed by atoms with Crippen LogP contribution in [0.3, 0.4) is 0 Å². The monoisotopic (exact) mass is 376 g/mol. The summed E-state index contributed by atoms with van der Waals surface area (Å²) in [6.07, 6.45) is 4.12. The van der Waals surface area contributed by atoms with Crippen LogP contribution >= 0.6 is 11.6 Å². The van der Waals surface area contributed by atoms with Gasteiger partial charge in [-0.25, -0.2) is 9.97 Å². The maximum Gasteiger partial charge on any atom is 0.226 e. The van der Waals surface area contributed by atoms with E-state index in [1.807, 2.05) is 42.5 Å². The number of rotatable bonds is 6. The summed E-state index contributed by atoms with van der Waals surface area (Å²) in [5, 5.41) is 7.22. The summed E-state index contributed by atoms with van der Waals surface area (Å²) in [4.78, 5) is 17.7. The number of aromatic nitrogens is 4. The van der Waals surface area contributed by atoms with E-state index in [2.05, 4.69) is 42.7 Å². The molecule has 0 bridgehead atoms. The van der Waals surface area contributed by atoms with Crippen molar-refractivity contribution >= 4 is 40.2 Å². The summed E-state index contributed by atoms with van der Waals surface area (Å²) >= 11 is 5.96.